The summed E-state index contributed by atoms with van der Waals surface area (Å²) in [5.74, 6) is 0.398. The van der Waals surface area contributed by atoms with Gasteiger partial charge >= 0.3 is 6.03 Å². The highest BCUT2D eigenvalue weighted by molar-refractivity contribution is 5.81. The number of nitrogens with one attached hydrogen (secondary N) is 2. The van der Waals surface area contributed by atoms with Gasteiger partial charge in [0.25, 0.3) is 0 Å². The summed E-state index contributed by atoms with van der Waals surface area (Å²) in [5, 5.41) is 5.77. The van der Waals surface area contributed by atoms with Crippen molar-refractivity contribution in [2.75, 3.05) is 26.2 Å². The van der Waals surface area contributed by atoms with Crippen molar-refractivity contribution in [3.05, 3.63) is 12.7 Å². The highest BCUT2D eigenvalue weighted by Crippen LogP contribution is 2.17. The smallest absolute Gasteiger partial charge is 0.317 e. The van der Waals surface area contributed by atoms with E-state index in [9.17, 15) is 9.59 Å². The fourth-order valence-corrected chi connectivity index (χ4v) is 2.19. The van der Waals surface area contributed by atoms with Crippen molar-refractivity contribution in [1.29, 1.82) is 0 Å². The number of likely N-dealkylation sites (tertiary alicyclic amines) is 1. The molecule has 3 amide bonds. The monoisotopic (exact) mass is 281 g/mol. The largest absolute Gasteiger partial charge is 0.355 e. The third kappa shape index (κ3) is 5.23. The minimum atomic E-state index is -0.365. The van der Waals surface area contributed by atoms with Crippen LogP contribution in [0.4, 0.5) is 4.79 Å². The second-order valence-corrected chi connectivity index (χ2v) is 6.39. The van der Waals surface area contributed by atoms with Crippen molar-refractivity contribution in [3.8, 4) is 0 Å². The predicted molar refractivity (Wildman–Crippen MR) is 80.4 cm³/mol. The number of amides is 3. The molecule has 1 atom stereocenters. The lowest BCUT2D eigenvalue weighted by Gasteiger charge is -2.33. The van der Waals surface area contributed by atoms with Gasteiger partial charge in [-0.15, -0.1) is 6.58 Å². The van der Waals surface area contributed by atoms with Crippen LogP contribution in [0.25, 0.3) is 0 Å². The van der Waals surface area contributed by atoms with E-state index in [1.165, 1.54) is 0 Å². The fraction of sp³-hybridized carbons (Fsp3) is 0.733. The van der Waals surface area contributed by atoms with E-state index < -0.39 is 0 Å². The van der Waals surface area contributed by atoms with Crippen LogP contribution in [-0.4, -0.2) is 43.0 Å². The Labute approximate surface area is 121 Å². The molecule has 0 bridgehead atoms. The number of hydrogen-bond donors (Lipinski definition) is 2. The van der Waals surface area contributed by atoms with Crippen LogP contribution in [-0.2, 0) is 4.79 Å². The third-order valence-electron chi connectivity index (χ3n) is 3.44. The Morgan fingerprint density at radius 1 is 1.35 bits per heavy atom. The molecule has 1 aliphatic heterocycles. The molecule has 0 spiro atoms. The van der Waals surface area contributed by atoms with Gasteiger partial charge in [-0.05, 0) is 18.8 Å². The van der Waals surface area contributed by atoms with Crippen LogP contribution in [0.1, 0.15) is 33.6 Å². The van der Waals surface area contributed by atoms with Gasteiger partial charge < -0.3 is 15.5 Å². The second-order valence-electron chi connectivity index (χ2n) is 6.39. The SMILES string of the molecule is C=CCNC(=O)N1CCC[C@H](CNC(=O)C(C)(C)C)C1. The van der Waals surface area contributed by atoms with Crippen LogP contribution in [0.3, 0.4) is 0 Å². The molecule has 0 saturated carbocycles. The van der Waals surface area contributed by atoms with Gasteiger partial charge in [0.2, 0.25) is 5.91 Å². The second kappa shape index (κ2) is 7.31. The Hall–Kier alpha value is -1.52. The molecule has 20 heavy (non-hydrogen) atoms. The molecule has 114 valence electrons. The molecule has 1 heterocycles. The first-order valence-electron chi connectivity index (χ1n) is 7.26. The molecule has 1 aliphatic rings. The summed E-state index contributed by atoms with van der Waals surface area (Å²) >= 11 is 0. The molecular weight excluding hydrogens is 254 g/mol. The van der Waals surface area contributed by atoms with Crippen LogP contribution in [0.5, 0.6) is 0 Å². The van der Waals surface area contributed by atoms with Gasteiger partial charge in [0.05, 0.1) is 0 Å². The summed E-state index contributed by atoms with van der Waals surface area (Å²) < 4.78 is 0. The Kier molecular flexibility index (Phi) is 6.05. The standard InChI is InChI=1S/C15H27N3O2/c1-5-8-16-14(20)18-9-6-7-12(11-18)10-17-13(19)15(2,3)4/h5,12H,1,6-11H2,2-4H3,(H,16,20)(H,17,19)/t12-/m1/s1. The average molecular weight is 281 g/mol. The van der Waals surface area contributed by atoms with Crippen molar-refractivity contribution in [2.24, 2.45) is 11.3 Å². The maximum Gasteiger partial charge on any atom is 0.317 e. The first-order chi connectivity index (χ1) is 9.34. The number of hydrogen-bond acceptors (Lipinski definition) is 2. The molecule has 0 radical (unpaired) electrons. The molecular formula is C15H27N3O2. The fourth-order valence-electron chi connectivity index (χ4n) is 2.19. The summed E-state index contributed by atoms with van der Waals surface area (Å²) in [6, 6.07) is -0.0447. The Morgan fingerprint density at radius 3 is 2.65 bits per heavy atom. The molecule has 0 aromatic heterocycles. The van der Waals surface area contributed by atoms with Crippen LogP contribution in [0.2, 0.25) is 0 Å². The lowest BCUT2D eigenvalue weighted by molar-refractivity contribution is -0.128. The zero-order chi connectivity index (χ0) is 15.2. The number of nitrogens with zero attached hydrogens (tertiary/aromatic N) is 1. The number of rotatable bonds is 4. The molecule has 0 aromatic rings. The van der Waals surface area contributed by atoms with Gasteiger partial charge in [-0.3, -0.25) is 4.79 Å². The summed E-state index contributed by atoms with van der Waals surface area (Å²) in [4.78, 5) is 25.5. The van der Waals surface area contributed by atoms with Gasteiger partial charge in [-0.25, -0.2) is 4.79 Å². The Balaban J connectivity index is 2.39. The first-order valence-corrected chi connectivity index (χ1v) is 7.26. The highest BCUT2D eigenvalue weighted by atomic mass is 16.2. The van der Waals surface area contributed by atoms with Crippen LogP contribution in [0, 0.1) is 11.3 Å². The maximum atomic E-state index is 11.9. The summed E-state index contributed by atoms with van der Waals surface area (Å²) in [5.41, 5.74) is -0.365. The average Bonchev–Trinajstić information content (AvgIpc) is 2.41. The van der Waals surface area contributed by atoms with E-state index in [1.807, 2.05) is 25.7 Å². The van der Waals surface area contributed by atoms with E-state index in [0.29, 0.717) is 25.6 Å². The lowest BCUT2D eigenvalue weighted by Crippen LogP contribution is -2.48. The molecule has 1 saturated heterocycles. The number of carbonyl (C=O) groups is 2. The highest BCUT2D eigenvalue weighted by Gasteiger charge is 2.26. The van der Waals surface area contributed by atoms with Gasteiger partial charge in [-0.1, -0.05) is 26.8 Å². The van der Waals surface area contributed by atoms with Gasteiger partial charge in [0.1, 0.15) is 0 Å². The lowest BCUT2D eigenvalue weighted by atomic mass is 9.94. The van der Waals surface area contributed by atoms with E-state index in [4.69, 9.17) is 0 Å². The van der Waals surface area contributed by atoms with Gasteiger partial charge in [-0.2, -0.15) is 0 Å². The molecule has 2 N–H and O–H groups in total. The van der Waals surface area contributed by atoms with Crippen LogP contribution < -0.4 is 10.6 Å². The molecule has 0 unspecified atom stereocenters. The maximum absolute atomic E-state index is 11.9. The molecule has 0 aliphatic carbocycles. The van der Waals surface area contributed by atoms with E-state index in [1.54, 1.807) is 6.08 Å². The minimum Gasteiger partial charge on any atom is -0.355 e. The molecule has 5 heteroatoms. The Morgan fingerprint density at radius 2 is 2.05 bits per heavy atom. The number of piperidine rings is 1. The van der Waals surface area contributed by atoms with E-state index >= 15 is 0 Å². The molecule has 0 aromatic carbocycles. The molecule has 1 fully saturated rings. The zero-order valence-corrected chi connectivity index (χ0v) is 12.9. The van der Waals surface area contributed by atoms with Crippen molar-refractivity contribution in [2.45, 2.75) is 33.6 Å². The zero-order valence-electron chi connectivity index (χ0n) is 12.9. The van der Waals surface area contributed by atoms with E-state index in [0.717, 1.165) is 19.4 Å². The van der Waals surface area contributed by atoms with Crippen molar-refractivity contribution >= 4 is 11.9 Å². The number of urea groups is 1. The van der Waals surface area contributed by atoms with Crippen LogP contribution in [0.15, 0.2) is 12.7 Å². The normalized spacial score (nSPS) is 19.4. The summed E-state index contributed by atoms with van der Waals surface area (Å²) in [6.07, 6.45) is 3.70. The topological polar surface area (TPSA) is 61.4 Å². The van der Waals surface area contributed by atoms with Crippen molar-refractivity contribution in [3.63, 3.8) is 0 Å². The Bertz CT molecular complexity index is 361. The van der Waals surface area contributed by atoms with Gasteiger partial charge in [0, 0.05) is 31.6 Å². The quantitative estimate of drug-likeness (QED) is 0.771. The summed E-state index contributed by atoms with van der Waals surface area (Å²) in [6.45, 7) is 11.9. The minimum absolute atomic E-state index is 0.0447. The van der Waals surface area contributed by atoms with Gasteiger partial charge in [0.15, 0.2) is 0 Å². The predicted octanol–water partition coefficient (Wildman–Crippen LogP) is 1.76. The number of carbonyl (C=O) groups excluding carboxylic acids is 2. The van der Waals surface area contributed by atoms with E-state index in [-0.39, 0.29) is 17.4 Å². The van der Waals surface area contributed by atoms with E-state index in [2.05, 4.69) is 17.2 Å². The van der Waals surface area contributed by atoms with Crippen molar-refractivity contribution < 1.29 is 9.59 Å². The molecule has 5 nitrogen and oxygen atoms in total. The molecule has 1 rings (SSSR count). The van der Waals surface area contributed by atoms with Crippen molar-refractivity contribution in [1.82, 2.24) is 15.5 Å². The first kappa shape index (κ1) is 16.5. The summed E-state index contributed by atoms with van der Waals surface area (Å²) in [7, 11) is 0. The van der Waals surface area contributed by atoms with Crippen LogP contribution >= 0.6 is 0 Å². The third-order valence-corrected chi connectivity index (χ3v) is 3.44.